The van der Waals surface area contributed by atoms with E-state index in [9.17, 15) is 9.18 Å². The first-order valence-corrected chi connectivity index (χ1v) is 3.65. The Kier molecular flexibility index (Phi) is 2.80. The van der Waals surface area contributed by atoms with Gasteiger partial charge >= 0.3 is 0 Å². The third-order valence-electron chi connectivity index (χ3n) is 1.47. The Hall–Kier alpha value is -1.38. The minimum Gasteiger partial charge on any atom is -0.326 e. The molecule has 0 saturated heterocycles. The average molecular weight is 167 g/mol. The molecule has 0 heterocycles. The molecule has 1 amide bonds. The highest BCUT2D eigenvalue weighted by Crippen LogP contribution is 2.15. The van der Waals surface area contributed by atoms with Crippen molar-refractivity contribution in [1.82, 2.24) is 0 Å². The standard InChI is InChI=1S/C9H10FNO/c1-7(12)11-9-5-3-2-4-8(9)6-10/h2-5H,6H2,1H3,(H,11,12). The van der Waals surface area contributed by atoms with Crippen LogP contribution in [0.3, 0.4) is 0 Å². The molecule has 0 aliphatic carbocycles. The fourth-order valence-corrected chi connectivity index (χ4v) is 0.948. The summed E-state index contributed by atoms with van der Waals surface area (Å²) in [6, 6.07) is 6.81. The molecule has 2 nitrogen and oxygen atoms in total. The highest BCUT2D eigenvalue weighted by atomic mass is 19.1. The van der Waals surface area contributed by atoms with Gasteiger partial charge in [0.25, 0.3) is 0 Å². The monoisotopic (exact) mass is 167 g/mol. The summed E-state index contributed by atoms with van der Waals surface area (Å²) < 4.78 is 12.3. The van der Waals surface area contributed by atoms with Gasteiger partial charge in [-0.15, -0.1) is 0 Å². The third kappa shape index (κ3) is 2.05. The largest absolute Gasteiger partial charge is 0.326 e. The third-order valence-corrected chi connectivity index (χ3v) is 1.47. The Morgan fingerprint density at radius 1 is 1.50 bits per heavy atom. The van der Waals surface area contributed by atoms with Gasteiger partial charge in [0.2, 0.25) is 5.91 Å². The fraction of sp³-hybridized carbons (Fsp3) is 0.222. The fourth-order valence-electron chi connectivity index (χ4n) is 0.948. The molecule has 0 aliphatic heterocycles. The number of anilines is 1. The van der Waals surface area contributed by atoms with Gasteiger partial charge in [-0.1, -0.05) is 18.2 Å². The normalized spacial score (nSPS) is 9.50. The highest BCUT2D eigenvalue weighted by molar-refractivity contribution is 5.89. The van der Waals surface area contributed by atoms with Crippen molar-refractivity contribution >= 4 is 11.6 Å². The maximum Gasteiger partial charge on any atom is 0.221 e. The first-order valence-electron chi connectivity index (χ1n) is 3.65. The second kappa shape index (κ2) is 3.85. The van der Waals surface area contributed by atoms with E-state index in [1.165, 1.54) is 6.92 Å². The van der Waals surface area contributed by atoms with E-state index >= 15 is 0 Å². The van der Waals surface area contributed by atoms with E-state index in [0.717, 1.165) is 0 Å². The smallest absolute Gasteiger partial charge is 0.221 e. The lowest BCUT2D eigenvalue weighted by atomic mass is 10.2. The van der Waals surface area contributed by atoms with Crippen molar-refractivity contribution in [1.29, 1.82) is 0 Å². The topological polar surface area (TPSA) is 29.1 Å². The molecule has 0 atom stereocenters. The van der Waals surface area contributed by atoms with Gasteiger partial charge in [-0.3, -0.25) is 4.79 Å². The van der Waals surface area contributed by atoms with E-state index in [2.05, 4.69) is 5.32 Å². The number of amides is 1. The number of para-hydroxylation sites is 1. The van der Waals surface area contributed by atoms with Gasteiger partial charge in [0, 0.05) is 18.2 Å². The quantitative estimate of drug-likeness (QED) is 0.718. The lowest BCUT2D eigenvalue weighted by molar-refractivity contribution is -0.114. The zero-order valence-corrected chi connectivity index (χ0v) is 6.80. The molecule has 0 radical (unpaired) electrons. The van der Waals surface area contributed by atoms with E-state index in [-0.39, 0.29) is 5.91 Å². The van der Waals surface area contributed by atoms with Gasteiger partial charge in [0.1, 0.15) is 6.67 Å². The molecule has 64 valence electrons. The predicted octanol–water partition coefficient (Wildman–Crippen LogP) is 2.11. The molecule has 0 saturated carbocycles. The number of carbonyl (C=O) groups excluding carboxylic acids is 1. The number of hydrogen-bond donors (Lipinski definition) is 1. The molecule has 0 fully saturated rings. The molecule has 0 aliphatic rings. The molecular formula is C9H10FNO. The van der Waals surface area contributed by atoms with E-state index in [0.29, 0.717) is 11.3 Å². The van der Waals surface area contributed by atoms with E-state index in [4.69, 9.17) is 0 Å². The summed E-state index contributed by atoms with van der Waals surface area (Å²) in [4.78, 5) is 10.6. The zero-order valence-electron chi connectivity index (χ0n) is 6.80. The molecule has 1 aromatic rings. The Labute approximate surface area is 70.4 Å². The van der Waals surface area contributed by atoms with Gasteiger partial charge in [0.15, 0.2) is 0 Å². The average Bonchev–Trinajstić information content (AvgIpc) is 2.04. The number of hydrogen-bond acceptors (Lipinski definition) is 1. The van der Waals surface area contributed by atoms with E-state index in [1.807, 2.05) is 0 Å². The van der Waals surface area contributed by atoms with Crippen LogP contribution in [0.4, 0.5) is 10.1 Å². The van der Waals surface area contributed by atoms with Crippen molar-refractivity contribution in [2.24, 2.45) is 0 Å². The number of benzene rings is 1. The van der Waals surface area contributed by atoms with E-state index < -0.39 is 6.67 Å². The summed E-state index contributed by atoms with van der Waals surface area (Å²) in [7, 11) is 0. The predicted molar refractivity (Wildman–Crippen MR) is 45.6 cm³/mol. The Bertz CT molecular complexity index is 286. The van der Waals surface area contributed by atoms with Crippen molar-refractivity contribution in [3.05, 3.63) is 29.8 Å². The number of halogens is 1. The highest BCUT2D eigenvalue weighted by Gasteiger charge is 2.00. The molecule has 0 spiro atoms. The van der Waals surface area contributed by atoms with Gasteiger partial charge in [0.05, 0.1) is 0 Å². The van der Waals surface area contributed by atoms with E-state index in [1.54, 1.807) is 24.3 Å². The maximum atomic E-state index is 12.3. The van der Waals surface area contributed by atoms with Crippen LogP contribution >= 0.6 is 0 Å². The summed E-state index contributed by atoms with van der Waals surface area (Å²) in [6.45, 7) is 0.839. The second-order valence-corrected chi connectivity index (χ2v) is 2.47. The number of rotatable bonds is 2. The van der Waals surface area contributed by atoms with Crippen LogP contribution in [-0.2, 0) is 11.5 Å². The lowest BCUT2D eigenvalue weighted by Crippen LogP contribution is -2.07. The number of alkyl halides is 1. The number of nitrogens with one attached hydrogen (secondary N) is 1. The van der Waals surface area contributed by atoms with Crippen LogP contribution in [-0.4, -0.2) is 5.91 Å². The van der Waals surface area contributed by atoms with Crippen molar-refractivity contribution in [3.8, 4) is 0 Å². The summed E-state index contributed by atoms with van der Waals surface area (Å²) in [5.41, 5.74) is 1.06. The van der Waals surface area contributed by atoms with Crippen LogP contribution in [0.15, 0.2) is 24.3 Å². The van der Waals surface area contributed by atoms with Crippen molar-refractivity contribution in [2.75, 3.05) is 5.32 Å². The molecule has 3 heteroatoms. The van der Waals surface area contributed by atoms with Gasteiger partial charge in [-0.25, -0.2) is 4.39 Å². The first-order chi connectivity index (χ1) is 5.74. The summed E-state index contributed by atoms with van der Waals surface area (Å²) in [5, 5.41) is 2.55. The summed E-state index contributed by atoms with van der Waals surface area (Å²) in [6.07, 6.45) is 0. The molecule has 0 bridgehead atoms. The minimum atomic E-state index is -0.559. The maximum absolute atomic E-state index is 12.3. The van der Waals surface area contributed by atoms with Gasteiger partial charge in [-0.2, -0.15) is 0 Å². The second-order valence-electron chi connectivity index (χ2n) is 2.47. The molecule has 12 heavy (non-hydrogen) atoms. The van der Waals surface area contributed by atoms with Crippen LogP contribution < -0.4 is 5.32 Å². The first kappa shape index (κ1) is 8.71. The van der Waals surface area contributed by atoms with Gasteiger partial charge < -0.3 is 5.32 Å². The molecule has 1 rings (SSSR count). The van der Waals surface area contributed by atoms with Crippen molar-refractivity contribution in [3.63, 3.8) is 0 Å². The van der Waals surface area contributed by atoms with Crippen LogP contribution in [0.1, 0.15) is 12.5 Å². The van der Waals surface area contributed by atoms with Crippen molar-refractivity contribution in [2.45, 2.75) is 13.6 Å². The molecule has 0 unspecified atom stereocenters. The number of carbonyl (C=O) groups is 1. The Morgan fingerprint density at radius 3 is 2.75 bits per heavy atom. The van der Waals surface area contributed by atoms with Gasteiger partial charge in [-0.05, 0) is 6.07 Å². The summed E-state index contributed by atoms with van der Waals surface area (Å²) in [5.74, 6) is -0.184. The van der Waals surface area contributed by atoms with Crippen LogP contribution in [0, 0.1) is 0 Å². The zero-order chi connectivity index (χ0) is 8.97. The molecule has 1 N–H and O–H groups in total. The molecular weight excluding hydrogens is 157 g/mol. The summed E-state index contributed by atoms with van der Waals surface area (Å²) >= 11 is 0. The van der Waals surface area contributed by atoms with Crippen molar-refractivity contribution < 1.29 is 9.18 Å². The molecule has 1 aromatic carbocycles. The lowest BCUT2D eigenvalue weighted by Gasteiger charge is -2.05. The minimum absolute atomic E-state index is 0.184. The Balaban J connectivity index is 2.89. The van der Waals surface area contributed by atoms with Crippen LogP contribution in [0.25, 0.3) is 0 Å². The molecule has 0 aromatic heterocycles. The Morgan fingerprint density at radius 2 is 2.17 bits per heavy atom. The van der Waals surface area contributed by atoms with Crippen LogP contribution in [0.5, 0.6) is 0 Å². The van der Waals surface area contributed by atoms with Crippen LogP contribution in [0.2, 0.25) is 0 Å². The SMILES string of the molecule is CC(=O)Nc1ccccc1CF.